The fraction of sp³-hybridized carbons (Fsp3) is 0.0588. The van der Waals surface area contributed by atoms with Crippen molar-refractivity contribution < 1.29 is 14.1 Å². The summed E-state index contributed by atoms with van der Waals surface area (Å²) in [6.45, 7) is 0.237. The topological polar surface area (TPSA) is 64.4 Å². The molecule has 0 atom stereocenters. The lowest BCUT2D eigenvalue weighted by atomic mass is 10.0. The Morgan fingerprint density at radius 3 is 2.78 bits per heavy atom. The van der Waals surface area contributed by atoms with Crippen molar-refractivity contribution in [3.05, 3.63) is 64.8 Å². The molecule has 0 spiro atoms. The molecule has 0 saturated carbocycles. The zero-order chi connectivity index (χ0) is 15.8. The smallest absolute Gasteiger partial charge is 0.278 e. The number of amides is 1. The second-order valence-electron chi connectivity index (χ2n) is 5.06. The van der Waals surface area contributed by atoms with Crippen molar-refractivity contribution in [3.8, 4) is 17.1 Å². The van der Waals surface area contributed by atoms with Crippen LogP contribution < -0.4 is 10.1 Å². The number of carbonyl (C=O) groups excluding carboxylic acids is 1. The minimum absolute atomic E-state index is 0.203. The third-order valence-corrected chi connectivity index (χ3v) is 3.96. The number of hydrogen-bond acceptors (Lipinski definition) is 4. The van der Waals surface area contributed by atoms with Gasteiger partial charge in [-0.3, -0.25) is 4.79 Å². The molecule has 2 aromatic carbocycles. The average molecular weight is 327 g/mol. The number of nitrogens with zero attached hydrogens (tertiary/aromatic N) is 1. The molecule has 1 aliphatic rings. The van der Waals surface area contributed by atoms with Crippen LogP contribution in [0.15, 0.2) is 53.1 Å². The number of halogens is 1. The summed E-state index contributed by atoms with van der Waals surface area (Å²) in [6.07, 6.45) is 0. The van der Waals surface area contributed by atoms with Gasteiger partial charge in [-0.25, -0.2) is 0 Å². The van der Waals surface area contributed by atoms with E-state index in [-0.39, 0.29) is 18.2 Å². The van der Waals surface area contributed by atoms with Crippen molar-refractivity contribution in [1.29, 1.82) is 0 Å². The van der Waals surface area contributed by atoms with Gasteiger partial charge in [0.25, 0.3) is 5.91 Å². The predicted octanol–water partition coefficient (Wildman–Crippen LogP) is 4.14. The number of ether oxygens (including phenoxy) is 1. The van der Waals surface area contributed by atoms with Gasteiger partial charge >= 0.3 is 0 Å². The molecule has 4 rings (SSSR count). The number of carbonyl (C=O) groups is 1. The molecule has 6 heteroatoms. The Morgan fingerprint density at radius 2 is 1.91 bits per heavy atom. The summed E-state index contributed by atoms with van der Waals surface area (Å²) in [6, 6.07) is 14.5. The Morgan fingerprint density at radius 1 is 1.13 bits per heavy atom. The molecule has 1 N–H and O–H groups in total. The molecule has 1 aromatic heterocycles. The van der Waals surface area contributed by atoms with Crippen LogP contribution in [0.1, 0.15) is 16.1 Å². The van der Waals surface area contributed by atoms with Crippen LogP contribution in [-0.4, -0.2) is 11.1 Å². The predicted molar refractivity (Wildman–Crippen MR) is 85.7 cm³/mol. The lowest BCUT2D eigenvalue weighted by Crippen LogP contribution is -2.16. The Balaban J connectivity index is 1.69. The molecule has 3 aromatic rings. The lowest BCUT2D eigenvalue weighted by molar-refractivity contribution is 0.101. The second-order valence-corrected chi connectivity index (χ2v) is 5.46. The highest BCUT2D eigenvalue weighted by molar-refractivity contribution is 6.33. The molecule has 5 nitrogen and oxygen atoms in total. The number of benzene rings is 2. The molecule has 2 heterocycles. The van der Waals surface area contributed by atoms with Gasteiger partial charge in [0.1, 0.15) is 12.4 Å². The first-order chi connectivity index (χ1) is 11.2. The number of aromatic nitrogens is 1. The van der Waals surface area contributed by atoms with E-state index in [1.165, 1.54) is 0 Å². The summed E-state index contributed by atoms with van der Waals surface area (Å²) in [5.41, 5.74) is 2.15. The van der Waals surface area contributed by atoms with E-state index in [1.54, 1.807) is 24.3 Å². The Hall–Kier alpha value is -2.79. The van der Waals surface area contributed by atoms with E-state index >= 15 is 0 Å². The van der Waals surface area contributed by atoms with E-state index in [0.29, 0.717) is 27.8 Å². The molecule has 23 heavy (non-hydrogen) atoms. The quantitative estimate of drug-likeness (QED) is 0.768. The van der Waals surface area contributed by atoms with Gasteiger partial charge in [0.15, 0.2) is 11.5 Å². The van der Waals surface area contributed by atoms with E-state index in [9.17, 15) is 4.79 Å². The van der Waals surface area contributed by atoms with Crippen LogP contribution >= 0.6 is 11.6 Å². The standard InChI is InChI=1S/C17H11ClN2O3/c18-12-6-2-3-7-13(12)19-17(21)15-11-9-22-14-8-4-1-5-10(14)16(11)23-20-15/h1-8H,9H2,(H,19,21). The first-order valence-corrected chi connectivity index (χ1v) is 7.38. The van der Waals surface area contributed by atoms with Gasteiger partial charge in [0.05, 0.1) is 21.8 Å². The maximum atomic E-state index is 12.5. The van der Waals surface area contributed by atoms with Crippen molar-refractivity contribution in [3.63, 3.8) is 0 Å². The highest BCUT2D eigenvalue weighted by Crippen LogP contribution is 2.38. The normalized spacial score (nSPS) is 12.0. The molecule has 0 aliphatic carbocycles. The van der Waals surface area contributed by atoms with E-state index in [2.05, 4.69) is 10.5 Å². The molecule has 0 fully saturated rings. The van der Waals surface area contributed by atoms with E-state index in [4.69, 9.17) is 20.9 Å². The third kappa shape index (κ3) is 2.35. The molecule has 0 bridgehead atoms. The molecular weight excluding hydrogens is 316 g/mol. The van der Waals surface area contributed by atoms with Crippen molar-refractivity contribution in [2.45, 2.75) is 6.61 Å². The van der Waals surface area contributed by atoms with Crippen LogP contribution in [0, 0.1) is 0 Å². The molecule has 1 amide bonds. The maximum Gasteiger partial charge on any atom is 0.278 e. The maximum absolute atomic E-state index is 12.5. The zero-order valence-electron chi connectivity index (χ0n) is 11.9. The summed E-state index contributed by atoms with van der Waals surface area (Å²) in [5, 5.41) is 7.11. The molecule has 114 valence electrons. The van der Waals surface area contributed by atoms with Gasteiger partial charge in [0, 0.05) is 0 Å². The molecular formula is C17H11ClN2O3. The number of para-hydroxylation sites is 2. The first kappa shape index (κ1) is 13.8. The molecule has 0 saturated heterocycles. The van der Waals surface area contributed by atoms with Gasteiger partial charge in [-0.1, -0.05) is 41.0 Å². The van der Waals surface area contributed by atoms with Gasteiger partial charge in [-0.2, -0.15) is 0 Å². The van der Waals surface area contributed by atoms with Crippen LogP contribution in [0.5, 0.6) is 5.75 Å². The average Bonchev–Trinajstić information content (AvgIpc) is 3.01. The fourth-order valence-corrected chi connectivity index (χ4v) is 2.69. The Bertz CT molecular complexity index is 904. The van der Waals surface area contributed by atoms with E-state index in [1.807, 2.05) is 24.3 Å². The highest BCUT2D eigenvalue weighted by atomic mass is 35.5. The minimum atomic E-state index is -0.383. The second kappa shape index (κ2) is 5.44. The third-order valence-electron chi connectivity index (χ3n) is 3.63. The monoisotopic (exact) mass is 326 g/mol. The van der Waals surface area contributed by atoms with Crippen LogP contribution in [0.3, 0.4) is 0 Å². The summed E-state index contributed by atoms with van der Waals surface area (Å²) in [7, 11) is 0. The van der Waals surface area contributed by atoms with Crippen molar-refractivity contribution in [2.75, 3.05) is 5.32 Å². The zero-order valence-corrected chi connectivity index (χ0v) is 12.6. The number of fused-ring (bicyclic) bond motifs is 3. The summed E-state index contributed by atoms with van der Waals surface area (Å²) in [5.74, 6) is 0.899. The SMILES string of the molecule is O=C(Nc1ccccc1Cl)c1noc2c1COc1ccccc1-2. The van der Waals surface area contributed by atoms with Gasteiger partial charge in [-0.05, 0) is 24.3 Å². The first-order valence-electron chi connectivity index (χ1n) is 7.00. The van der Waals surface area contributed by atoms with Gasteiger partial charge in [0.2, 0.25) is 0 Å². The summed E-state index contributed by atoms with van der Waals surface area (Å²) in [4.78, 5) is 12.5. The molecule has 1 aliphatic heterocycles. The van der Waals surface area contributed by atoms with Crippen molar-refractivity contribution in [2.24, 2.45) is 0 Å². The largest absolute Gasteiger partial charge is 0.488 e. The Labute approximate surface area is 136 Å². The lowest BCUT2D eigenvalue weighted by Gasteiger charge is -2.15. The van der Waals surface area contributed by atoms with E-state index in [0.717, 1.165) is 5.56 Å². The van der Waals surface area contributed by atoms with Gasteiger partial charge in [-0.15, -0.1) is 0 Å². The molecule has 0 radical (unpaired) electrons. The number of hydrogen-bond donors (Lipinski definition) is 1. The van der Waals surface area contributed by atoms with Gasteiger partial charge < -0.3 is 14.6 Å². The van der Waals surface area contributed by atoms with Crippen LogP contribution in [0.2, 0.25) is 5.02 Å². The molecule has 0 unspecified atom stereocenters. The number of anilines is 1. The summed E-state index contributed by atoms with van der Waals surface area (Å²) < 4.78 is 11.0. The van der Waals surface area contributed by atoms with Crippen LogP contribution in [-0.2, 0) is 6.61 Å². The van der Waals surface area contributed by atoms with Crippen LogP contribution in [0.4, 0.5) is 5.69 Å². The summed E-state index contributed by atoms with van der Waals surface area (Å²) >= 11 is 6.06. The number of nitrogens with one attached hydrogen (secondary N) is 1. The van der Waals surface area contributed by atoms with Crippen molar-refractivity contribution >= 4 is 23.2 Å². The minimum Gasteiger partial charge on any atom is -0.488 e. The van der Waals surface area contributed by atoms with Crippen LogP contribution in [0.25, 0.3) is 11.3 Å². The van der Waals surface area contributed by atoms with Crippen molar-refractivity contribution in [1.82, 2.24) is 5.16 Å². The fourth-order valence-electron chi connectivity index (χ4n) is 2.51. The highest BCUT2D eigenvalue weighted by Gasteiger charge is 2.28. The van der Waals surface area contributed by atoms with E-state index < -0.39 is 0 Å². The number of rotatable bonds is 2. The Kier molecular flexibility index (Phi) is 3.28.